The molecule has 3 heterocycles. The summed E-state index contributed by atoms with van der Waals surface area (Å²) in [5.74, 6) is 1.22. The van der Waals surface area contributed by atoms with E-state index in [2.05, 4.69) is 17.0 Å². The zero-order chi connectivity index (χ0) is 26.8. The van der Waals surface area contributed by atoms with Crippen molar-refractivity contribution >= 4 is 57.6 Å². The highest BCUT2D eigenvalue weighted by atomic mass is 35.5. The summed E-state index contributed by atoms with van der Waals surface area (Å²) in [5.41, 5.74) is 3.91. The molecule has 6 rings (SSSR count). The minimum Gasteiger partial charge on any atom is -0.368 e. The number of thioether (sulfide) groups is 1. The van der Waals surface area contributed by atoms with Gasteiger partial charge in [0.2, 0.25) is 5.91 Å². The van der Waals surface area contributed by atoms with Gasteiger partial charge in [-0.15, -0.1) is 0 Å². The van der Waals surface area contributed by atoms with Crippen molar-refractivity contribution in [2.24, 2.45) is 9.98 Å². The Labute approximate surface area is 237 Å². The van der Waals surface area contributed by atoms with Crippen LogP contribution in [0.5, 0.6) is 0 Å². The highest BCUT2D eigenvalue weighted by molar-refractivity contribution is 8.13. The molecule has 1 saturated heterocycles. The smallest absolute Gasteiger partial charge is 0.259 e. The van der Waals surface area contributed by atoms with Crippen LogP contribution < -0.4 is 4.90 Å². The summed E-state index contributed by atoms with van der Waals surface area (Å²) in [7, 11) is 0. The Morgan fingerprint density at radius 1 is 0.923 bits per heavy atom. The molecule has 3 aromatic carbocycles. The number of benzene rings is 3. The molecule has 1 atom stereocenters. The van der Waals surface area contributed by atoms with E-state index in [9.17, 15) is 9.59 Å². The van der Waals surface area contributed by atoms with Crippen molar-refractivity contribution in [2.45, 2.75) is 24.6 Å². The second-order valence-corrected chi connectivity index (χ2v) is 11.1. The fraction of sp³-hybridized carbons (Fsp3) is 0.267. The number of amides is 2. The number of amidine groups is 2. The molecule has 0 unspecified atom stereocenters. The van der Waals surface area contributed by atoms with E-state index in [1.165, 1.54) is 17.4 Å². The summed E-state index contributed by atoms with van der Waals surface area (Å²) in [6.45, 7) is 2.96. The number of anilines is 1. The van der Waals surface area contributed by atoms with E-state index in [0.29, 0.717) is 47.7 Å². The van der Waals surface area contributed by atoms with Crippen molar-refractivity contribution in [1.29, 1.82) is 0 Å². The zero-order valence-corrected chi connectivity index (χ0v) is 22.9. The minimum atomic E-state index is -0.595. The van der Waals surface area contributed by atoms with Crippen molar-refractivity contribution in [3.63, 3.8) is 0 Å². The molecule has 3 aromatic rings. The first kappa shape index (κ1) is 25.6. The molecule has 0 aromatic heterocycles. The number of rotatable bonds is 6. The fourth-order valence-electron chi connectivity index (χ4n) is 5.09. The van der Waals surface area contributed by atoms with Crippen LogP contribution in [0.4, 0.5) is 11.4 Å². The van der Waals surface area contributed by atoms with Crippen LogP contribution in [0, 0.1) is 0 Å². The molecule has 3 aliphatic heterocycles. The van der Waals surface area contributed by atoms with Crippen LogP contribution in [-0.4, -0.2) is 64.8 Å². The molecule has 0 saturated carbocycles. The summed E-state index contributed by atoms with van der Waals surface area (Å²) in [5, 5.41) is 1.30. The molecule has 2 amide bonds. The summed E-state index contributed by atoms with van der Waals surface area (Å²) < 4.78 is 0. The Bertz CT molecular complexity index is 1440. The average Bonchev–Trinajstić information content (AvgIpc) is 3.32. The number of piperazine rings is 1. The van der Waals surface area contributed by atoms with E-state index in [1.807, 2.05) is 71.6 Å². The largest absolute Gasteiger partial charge is 0.368 e. The lowest BCUT2D eigenvalue weighted by Gasteiger charge is -2.36. The molecule has 0 bridgehead atoms. The zero-order valence-electron chi connectivity index (χ0n) is 21.4. The van der Waals surface area contributed by atoms with Crippen molar-refractivity contribution in [2.75, 3.05) is 31.1 Å². The Hall–Kier alpha value is -3.62. The number of hydrogen-bond donors (Lipinski definition) is 0. The molecule has 7 nitrogen and oxygen atoms in total. The van der Waals surface area contributed by atoms with Gasteiger partial charge in [0, 0.05) is 54.6 Å². The van der Waals surface area contributed by atoms with Gasteiger partial charge in [0.1, 0.15) is 11.9 Å². The van der Waals surface area contributed by atoms with Gasteiger partial charge in [-0.2, -0.15) is 0 Å². The van der Waals surface area contributed by atoms with Crippen molar-refractivity contribution in [1.82, 2.24) is 9.80 Å². The molecule has 0 radical (unpaired) electrons. The standard InChI is InChI=1S/C30H28ClN5O2S/c31-22-12-10-21(11-13-22)20-39-30-33-25-9-5-4-8-24(25)28-32-26(29(38)36(28)30)14-15-27(37)35-18-16-34(17-19-35)23-6-2-1-3-7-23/h1-13,26H,14-20H2/t26-/m0/s1. The highest BCUT2D eigenvalue weighted by Crippen LogP contribution is 2.35. The number of aliphatic imine (C=N–C) groups is 2. The van der Waals surface area contributed by atoms with Gasteiger partial charge in [0.25, 0.3) is 5.91 Å². The van der Waals surface area contributed by atoms with Crippen molar-refractivity contribution in [3.05, 3.63) is 95.0 Å². The minimum absolute atomic E-state index is 0.0759. The predicted molar refractivity (Wildman–Crippen MR) is 158 cm³/mol. The highest BCUT2D eigenvalue weighted by Gasteiger charge is 2.41. The van der Waals surface area contributed by atoms with Gasteiger partial charge >= 0.3 is 0 Å². The molecular formula is C30H28ClN5O2S. The number of carbonyl (C=O) groups is 2. The number of halogens is 1. The average molecular weight is 558 g/mol. The van der Waals surface area contributed by atoms with Crippen LogP contribution in [0.25, 0.3) is 0 Å². The first-order valence-corrected chi connectivity index (χ1v) is 14.5. The van der Waals surface area contributed by atoms with Crippen LogP contribution in [0.15, 0.2) is 88.8 Å². The van der Waals surface area contributed by atoms with Crippen LogP contribution >= 0.6 is 23.4 Å². The van der Waals surface area contributed by atoms with E-state index < -0.39 is 6.04 Å². The molecule has 0 N–H and O–H groups in total. The van der Waals surface area contributed by atoms with Gasteiger partial charge < -0.3 is 9.80 Å². The SMILES string of the molecule is O=C(CC[C@@H]1N=C2c3ccccc3N=C(SCc3ccc(Cl)cc3)N2C1=O)N1CCN(c2ccccc2)CC1. The van der Waals surface area contributed by atoms with Crippen LogP contribution in [0.2, 0.25) is 5.02 Å². The van der Waals surface area contributed by atoms with E-state index in [0.717, 1.165) is 29.9 Å². The monoisotopic (exact) mass is 557 g/mol. The Morgan fingerprint density at radius 3 is 2.41 bits per heavy atom. The molecule has 198 valence electrons. The lowest BCUT2D eigenvalue weighted by molar-refractivity contribution is -0.131. The van der Waals surface area contributed by atoms with Gasteiger partial charge in [0.05, 0.1) is 5.69 Å². The third kappa shape index (κ3) is 5.44. The first-order chi connectivity index (χ1) is 19.1. The molecule has 3 aliphatic rings. The van der Waals surface area contributed by atoms with Crippen LogP contribution in [0.1, 0.15) is 24.0 Å². The Kier molecular flexibility index (Phi) is 7.39. The number of para-hydroxylation sites is 2. The third-order valence-electron chi connectivity index (χ3n) is 7.21. The number of carbonyl (C=O) groups excluding carboxylic acids is 2. The second kappa shape index (κ2) is 11.2. The molecule has 9 heteroatoms. The van der Waals surface area contributed by atoms with E-state index >= 15 is 0 Å². The van der Waals surface area contributed by atoms with E-state index in [4.69, 9.17) is 21.6 Å². The van der Waals surface area contributed by atoms with Gasteiger partial charge in [-0.1, -0.05) is 65.8 Å². The maximum atomic E-state index is 13.6. The maximum Gasteiger partial charge on any atom is 0.259 e. The third-order valence-corrected chi connectivity index (χ3v) is 8.48. The number of fused-ring (bicyclic) bond motifs is 3. The summed E-state index contributed by atoms with van der Waals surface area (Å²) in [6, 6.07) is 25.1. The lowest BCUT2D eigenvalue weighted by atomic mass is 10.1. The predicted octanol–water partition coefficient (Wildman–Crippen LogP) is 5.36. The maximum absolute atomic E-state index is 13.6. The molecule has 0 aliphatic carbocycles. The molecule has 0 spiro atoms. The fourth-order valence-corrected chi connectivity index (χ4v) is 6.17. The molecule has 39 heavy (non-hydrogen) atoms. The Balaban J connectivity index is 1.11. The number of hydrogen-bond acceptors (Lipinski definition) is 6. The summed E-state index contributed by atoms with van der Waals surface area (Å²) in [4.78, 5) is 42.1. The summed E-state index contributed by atoms with van der Waals surface area (Å²) in [6.07, 6.45) is 0.673. The van der Waals surface area contributed by atoms with Crippen LogP contribution in [0.3, 0.4) is 0 Å². The topological polar surface area (TPSA) is 68.6 Å². The van der Waals surface area contributed by atoms with Gasteiger partial charge in [-0.25, -0.2) is 9.89 Å². The lowest BCUT2D eigenvalue weighted by Crippen LogP contribution is -2.49. The number of nitrogens with zero attached hydrogens (tertiary/aromatic N) is 5. The quantitative estimate of drug-likeness (QED) is 0.409. The van der Waals surface area contributed by atoms with Gasteiger partial charge in [0.15, 0.2) is 5.17 Å². The molecule has 1 fully saturated rings. The van der Waals surface area contributed by atoms with Crippen molar-refractivity contribution < 1.29 is 9.59 Å². The van der Waals surface area contributed by atoms with Crippen molar-refractivity contribution in [3.8, 4) is 0 Å². The first-order valence-electron chi connectivity index (χ1n) is 13.1. The Morgan fingerprint density at radius 2 is 1.64 bits per heavy atom. The summed E-state index contributed by atoms with van der Waals surface area (Å²) >= 11 is 7.53. The van der Waals surface area contributed by atoms with Gasteiger partial charge in [-0.05, 0) is 48.4 Å². The molecular weight excluding hydrogens is 530 g/mol. The van der Waals surface area contributed by atoms with Gasteiger partial charge in [-0.3, -0.25) is 14.6 Å². The normalized spacial score (nSPS) is 18.4. The van der Waals surface area contributed by atoms with E-state index in [-0.39, 0.29) is 11.8 Å². The van der Waals surface area contributed by atoms with Crippen LogP contribution in [-0.2, 0) is 15.3 Å². The second-order valence-electron chi connectivity index (χ2n) is 9.71. The van der Waals surface area contributed by atoms with E-state index in [1.54, 1.807) is 4.90 Å².